The zero-order valence-corrected chi connectivity index (χ0v) is 24.8. The van der Waals surface area contributed by atoms with Crippen molar-refractivity contribution in [3.8, 4) is 11.5 Å². The molecule has 3 amide bonds. The van der Waals surface area contributed by atoms with E-state index >= 15 is 0 Å². The minimum Gasteiger partial charge on any atom is -0.497 e. The molecule has 3 aromatic rings. The van der Waals surface area contributed by atoms with E-state index in [4.69, 9.17) is 9.47 Å². The van der Waals surface area contributed by atoms with Crippen LogP contribution in [0.25, 0.3) is 0 Å². The number of imide groups is 1. The van der Waals surface area contributed by atoms with Gasteiger partial charge in [-0.05, 0) is 61.7 Å². The highest BCUT2D eigenvalue weighted by molar-refractivity contribution is 9.10. The summed E-state index contributed by atoms with van der Waals surface area (Å²) in [5.74, 6) is -1.11. The fourth-order valence-electron chi connectivity index (χ4n) is 5.61. The highest BCUT2D eigenvalue weighted by atomic mass is 79.9. The van der Waals surface area contributed by atoms with Crippen LogP contribution in [0.1, 0.15) is 35.6 Å². The van der Waals surface area contributed by atoms with Gasteiger partial charge < -0.3 is 19.4 Å². The lowest BCUT2D eigenvalue weighted by atomic mass is 9.82. The van der Waals surface area contributed by atoms with E-state index in [1.54, 1.807) is 37.4 Å². The van der Waals surface area contributed by atoms with Gasteiger partial charge in [0.1, 0.15) is 16.7 Å². The predicted octanol–water partition coefficient (Wildman–Crippen LogP) is 4.39. The molecule has 3 aliphatic heterocycles. The second kappa shape index (κ2) is 11.1. The first-order chi connectivity index (χ1) is 19.4. The molecule has 6 rings (SSSR count). The Morgan fingerprint density at radius 1 is 1.05 bits per heavy atom. The van der Waals surface area contributed by atoms with Crippen molar-refractivity contribution in [3.63, 3.8) is 0 Å². The summed E-state index contributed by atoms with van der Waals surface area (Å²) in [5.41, 5.74) is 1.10. The van der Waals surface area contributed by atoms with Gasteiger partial charge in [0, 0.05) is 33.9 Å². The van der Waals surface area contributed by atoms with Crippen LogP contribution in [0, 0.1) is 5.92 Å². The van der Waals surface area contributed by atoms with Gasteiger partial charge in [-0.15, -0.1) is 0 Å². The third-order valence-corrected chi connectivity index (χ3v) is 10.4. The van der Waals surface area contributed by atoms with Crippen molar-refractivity contribution in [2.24, 2.45) is 5.92 Å². The van der Waals surface area contributed by atoms with E-state index in [2.05, 4.69) is 20.9 Å². The number of amides is 3. The number of likely N-dealkylation sites (tertiary alicyclic amines) is 1. The smallest absolute Gasteiger partial charge is 0.305 e. The van der Waals surface area contributed by atoms with Crippen LogP contribution in [0.3, 0.4) is 0 Å². The molecule has 0 bridgehead atoms. The summed E-state index contributed by atoms with van der Waals surface area (Å²) in [6, 6.07) is 12.2. The third-order valence-electron chi connectivity index (χ3n) is 7.52. The fourth-order valence-corrected chi connectivity index (χ4v) is 8.49. The van der Waals surface area contributed by atoms with Crippen molar-refractivity contribution in [2.45, 2.75) is 35.5 Å². The molecular formula is C28H26BrN3O6S2. The maximum atomic E-state index is 14.0. The largest absolute Gasteiger partial charge is 0.497 e. The summed E-state index contributed by atoms with van der Waals surface area (Å²) in [6.45, 7) is 1.31. The zero-order valence-electron chi connectivity index (χ0n) is 21.6. The van der Waals surface area contributed by atoms with Gasteiger partial charge in [0.05, 0.1) is 23.7 Å². The van der Waals surface area contributed by atoms with Gasteiger partial charge in [-0.3, -0.25) is 19.2 Å². The van der Waals surface area contributed by atoms with E-state index in [-0.39, 0.29) is 29.2 Å². The summed E-state index contributed by atoms with van der Waals surface area (Å²) in [5, 5.41) is -0.159. The number of nitrogens with zero attached hydrogens (tertiary/aromatic N) is 2. The number of anilines is 1. The molecule has 1 N–H and O–H groups in total. The average molecular weight is 645 g/mol. The summed E-state index contributed by atoms with van der Waals surface area (Å²) in [6.07, 6.45) is 3.08. The van der Waals surface area contributed by atoms with Gasteiger partial charge in [0.2, 0.25) is 11.8 Å². The van der Waals surface area contributed by atoms with E-state index in [0.29, 0.717) is 32.7 Å². The van der Waals surface area contributed by atoms with Gasteiger partial charge in [-0.2, -0.15) is 0 Å². The number of thioether (sulfide) groups is 1. The minimum absolute atomic E-state index is 0.0876. The molecule has 0 saturated carbocycles. The lowest BCUT2D eigenvalue weighted by molar-refractivity contribution is -0.134. The number of thiazole rings is 1. The molecular weight excluding hydrogens is 618 g/mol. The van der Waals surface area contributed by atoms with Gasteiger partial charge in [0.25, 0.3) is 5.91 Å². The van der Waals surface area contributed by atoms with Gasteiger partial charge in [-0.25, -0.2) is 4.90 Å². The van der Waals surface area contributed by atoms with Crippen molar-refractivity contribution in [3.05, 3.63) is 67.0 Å². The summed E-state index contributed by atoms with van der Waals surface area (Å²) < 4.78 is 12.1. The molecule has 40 heavy (non-hydrogen) atoms. The van der Waals surface area contributed by atoms with Crippen LogP contribution in [0.4, 0.5) is 5.69 Å². The number of carbonyl (C=O) groups excluding carboxylic acids is 3. The molecule has 2 aromatic carbocycles. The van der Waals surface area contributed by atoms with Crippen LogP contribution in [0.5, 0.6) is 11.5 Å². The SMILES string of the molecule is COc1ccc(N2C(=O)C3Sc4[nH]c(=O)sc4C(c4cc(Br)ccc4OCC(=O)N4CCCCC4)C3C2=O)cc1. The number of carbonyl (C=O) groups is 3. The number of rotatable bonds is 6. The molecule has 4 heterocycles. The monoisotopic (exact) mass is 643 g/mol. The molecule has 208 valence electrons. The summed E-state index contributed by atoms with van der Waals surface area (Å²) in [7, 11) is 1.55. The number of ether oxygens (including phenoxy) is 2. The molecule has 3 atom stereocenters. The molecule has 3 aliphatic rings. The van der Waals surface area contributed by atoms with Crippen molar-refractivity contribution in [2.75, 3.05) is 31.7 Å². The molecule has 2 fully saturated rings. The molecule has 2 saturated heterocycles. The van der Waals surface area contributed by atoms with Crippen molar-refractivity contribution >= 4 is 62.4 Å². The number of nitrogens with one attached hydrogen (secondary N) is 1. The molecule has 9 nitrogen and oxygen atoms in total. The quantitative estimate of drug-likeness (QED) is 0.397. The number of aromatic amines is 1. The van der Waals surface area contributed by atoms with E-state index in [1.807, 2.05) is 17.0 Å². The Morgan fingerprint density at radius 3 is 2.52 bits per heavy atom. The lowest BCUT2D eigenvalue weighted by Crippen LogP contribution is -2.38. The number of fused-ring (bicyclic) bond motifs is 2. The molecule has 0 radical (unpaired) electrons. The second-order valence-electron chi connectivity index (χ2n) is 9.87. The molecule has 3 unspecified atom stereocenters. The Morgan fingerprint density at radius 2 is 1.80 bits per heavy atom. The summed E-state index contributed by atoms with van der Waals surface area (Å²) in [4.78, 5) is 59.4. The first kappa shape index (κ1) is 27.1. The Kier molecular flexibility index (Phi) is 7.49. The predicted molar refractivity (Wildman–Crippen MR) is 155 cm³/mol. The second-order valence-corrected chi connectivity index (χ2v) is 13.0. The van der Waals surface area contributed by atoms with Crippen LogP contribution in [0.15, 0.2) is 56.8 Å². The van der Waals surface area contributed by atoms with Crippen LogP contribution in [-0.2, 0) is 14.4 Å². The van der Waals surface area contributed by atoms with E-state index in [9.17, 15) is 19.2 Å². The van der Waals surface area contributed by atoms with Crippen LogP contribution < -0.4 is 19.2 Å². The Bertz CT molecular complexity index is 1530. The Balaban J connectivity index is 1.38. The molecule has 12 heteroatoms. The number of benzene rings is 2. The maximum absolute atomic E-state index is 14.0. The zero-order chi connectivity index (χ0) is 28.0. The molecule has 0 spiro atoms. The summed E-state index contributed by atoms with van der Waals surface area (Å²) >= 11 is 5.79. The topological polar surface area (TPSA) is 109 Å². The average Bonchev–Trinajstić information content (AvgIpc) is 3.46. The van der Waals surface area contributed by atoms with E-state index < -0.39 is 17.1 Å². The number of methoxy groups -OCH3 is 1. The Hall–Kier alpha value is -3.09. The molecule has 1 aromatic heterocycles. The number of halogens is 1. The number of hydrogen-bond acceptors (Lipinski definition) is 8. The first-order valence-corrected chi connectivity index (χ1v) is 15.5. The number of piperidine rings is 1. The van der Waals surface area contributed by atoms with Crippen LogP contribution >= 0.6 is 39.0 Å². The first-order valence-electron chi connectivity index (χ1n) is 13.0. The van der Waals surface area contributed by atoms with Crippen LogP contribution in [-0.4, -0.2) is 59.7 Å². The van der Waals surface area contributed by atoms with Crippen molar-refractivity contribution in [1.29, 1.82) is 0 Å². The van der Waals surface area contributed by atoms with Gasteiger partial charge in [-0.1, -0.05) is 39.0 Å². The van der Waals surface area contributed by atoms with Gasteiger partial charge in [0.15, 0.2) is 6.61 Å². The number of hydrogen-bond donors (Lipinski definition) is 1. The number of aromatic nitrogens is 1. The minimum atomic E-state index is -0.770. The Labute approximate surface area is 247 Å². The number of H-pyrrole nitrogens is 1. The lowest BCUT2D eigenvalue weighted by Gasteiger charge is -2.31. The normalized spacial score (nSPS) is 22.2. The highest BCUT2D eigenvalue weighted by Gasteiger charge is 2.56. The van der Waals surface area contributed by atoms with Crippen LogP contribution in [0.2, 0.25) is 0 Å². The maximum Gasteiger partial charge on any atom is 0.305 e. The highest BCUT2D eigenvalue weighted by Crippen LogP contribution is 2.54. The van der Waals surface area contributed by atoms with E-state index in [1.165, 1.54) is 16.7 Å². The molecule has 0 aliphatic carbocycles. The standard InChI is InChI=1S/C28H26BrN3O6S2/c1-37-17-8-6-16(7-9-17)32-26(34)22-21(23-25(30-28(36)40-23)39-24(22)27(32)35)18-13-15(29)5-10-19(18)38-14-20(33)31-11-3-2-4-12-31/h5-10,13,21-22,24H,2-4,11-12,14H2,1H3,(H,30,36). The van der Waals surface area contributed by atoms with Crippen molar-refractivity contribution < 1.29 is 23.9 Å². The van der Waals surface area contributed by atoms with Gasteiger partial charge >= 0.3 is 4.87 Å². The fraction of sp³-hybridized carbons (Fsp3) is 0.357. The van der Waals surface area contributed by atoms with Crippen molar-refractivity contribution in [1.82, 2.24) is 9.88 Å². The van der Waals surface area contributed by atoms with E-state index in [0.717, 1.165) is 48.2 Å². The third kappa shape index (κ3) is 4.86.